The highest BCUT2D eigenvalue weighted by Gasteiger charge is 2.31. The lowest BCUT2D eigenvalue weighted by molar-refractivity contribution is -0.113. The van der Waals surface area contributed by atoms with Gasteiger partial charge in [0, 0.05) is 0 Å². The van der Waals surface area contributed by atoms with Gasteiger partial charge in [-0.3, -0.25) is 4.79 Å². The predicted molar refractivity (Wildman–Crippen MR) is 127 cm³/mol. The molecule has 1 nitrogen and oxygen atoms in total. The van der Waals surface area contributed by atoms with Gasteiger partial charge in [-0.05, 0) is 86.2 Å². The molecule has 1 heteroatoms. The van der Waals surface area contributed by atoms with Crippen molar-refractivity contribution < 1.29 is 4.79 Å². The molecule has 0 N–H and O–H groups in total. The molecule has 0 bridgehead atoms. The zero-order valence-corrected chi connectivity index (χ0v) is 19.5. The molecule has 4 rings (SSSR count). The number of allylic oxidation sites excluding steroid dienone is 4. The van der Waals surface area contributed by atoms with E-state index < -0.39 is 0 Å². The summed E-state index contributed by atoms with van der Waals surface area (Å²) in [5, 5.41) is 0. The number of carbonyl (C=O) groups excluding carboxylic acids is 1. The van der Waals surface area contributed by atoms with E-state index in [1.54, 1.807) is 0 Å². The molecular formula is C29H46O. The van der Waals surface area contributed by atoms with Crippen molar-refractivity contribution in [2.45, 2.75) is 128 Å². The monoisotopic (exact) mass is 410 g/mol. The second-order valence-electron chi connectivity index (χ2n) is 11.0. The Morgan fingerprint density at radius 2 is 0.733 bits per heavy atom. The van der Waals surface area contributed by atoms with Crippen LogP contribution in [0, 0.1) is 23.7 Å². The first kappa shape index (κ1) is 22.3. The SMILES string of the molecule is O=C(C(=CC1CCCCC1)C1CCCCC1)C(=CC1CCCCC1)C1CCCCC1. The Morgan fingerprint density at radius 1 is 0.433 bits per heavy atom. The molecule has 0 heterocycles. The molecule has 4 aliphatic rings. The Hall–Kier alpha value is -0.850. The standard InChI is InChI=1S/C29H46O/c30-29(27(25-17-9-3-10-18-25)21-23-13-5-1-6-14-23)28(26-19-11-4-12-20-26)22-24-15-7-2-8-16-24/h21-26H,1-20H2. The Balaban J connectivity index is 1.61. The van der Waals surface area contributed by atoms with E-state index in [9.17, 15) is 4.79 Å². The van der Waals surface area contributed by atoms with Crippen LogP contribution in [-0.2, 0) is 4.79 Å². The number of carbonyl (C=O) groups is 1. The van der Waals surface area contributed by atoms with E-state index in [2.05, 4.69) is 12.2 Å². The van der Waals surface area contributed by atoms with E-state index in [-0.39, 0.29) is 0 Å². The van der Waals surface area contributed by atoms with Crippen LogP contribution in [0.4, 0.5) is 0 Å². The number of hydrogen-bond acceptors (Lipinski definition) is 1. The summed E-state index contributed by atoms with van der Waals surface area (Å²) in [6, 6.07) is 0. The van der Waals surface area contributed by atoms with E-state index in [0.717, 1.165) is 0 Å². The number of hydrogen-bond donors (Lipinski definition) is 0. The van der Waals surface area contributed by atoms with Gasteiger partial charge in [0.1, 0.15) is 0 Å². The normalized spacial score (nSPS) is 27.3. The average molecular weight is 411 g/mol. The van der Waals surface area contributed by atoms with Crippen LogP contribution in [-0.4, -0.2) is 5.78 Å². The summed E-state index contributed by atoms with van der Waals surface area (Å²) in [5.74, 6) is 2.94. The van der Waals surface area contributed by atoms with Crippen molar-refractivity contribution in [3.63, 3.8) is 0 Å². The first-order valence-corrected chi connectivity index (χ1v) is 13.8. The molecule has 4 fully saturated rings. The van der Waals surface area contributed by atoms with Crippen LogP contribution in [0.5, 0.6) is 0 Å². The molecular weight excluding hydrogens is 364 g/mol. The van der Waals surface area contributed by atoms with Crippen molar-refractivity contribution in [2.24, 2.45) is 23.7 Å². The molecule has 0 saturated heterocycles. The van der Waals surface area contributed by atoms with E-state index in [0.29, 0.717) is 29.5 Å². The minimum absolute atomic E-state index is 0.505. The van der Waals surface area contributed by atoms with Crippen LogP contribution in [0.15, 0.2) is 23.3 Å². The molecule has 0 radical (unpaired) electrons. The van der Waals surface area contributed by atoms with Gasteiger partial charge in [0.25, 0.3) is 0 Å². The fourth-order valence-electron chi connectivity index (χ4n) is 6.90. The summed E-state index contributed by atoms with van der Waals surface area (Å²) in [5.41, 5.74) is 2.54. The molecule has 0 spiro atoms. The number of ketones is 1. The van der Waals surface area contributed by atoms with Gasteiger partial charge in [-0.1, -0.05) is 89.2 Å². The second kappa shape index (κ2) is 11.7. The zero-order chi connectivity index (χ0) is 20.6. The Morgan fingerprint density at radius 3 is 1.07 bits per heavy atom. The highest BCUT2D eigenvalue weighted by molar-refractivity contribution is 6.09. The summed E-state index contributed by atoms with van der Waals surface area (Å²) in [4.78, 5) is 14.3. The summed E-state index contributed by atoms with van der Waals surface area (Å²) in [6.07, 6.45) is 31.6. The molecule has 4 aliphatic carbocycles. The predicted octanol–water partition coefficient (Wildman–Crippen LogP) is 8.73. The quantitative estimate of drug-likeness (QED) is 0.400. The molecule has 0 amide bonds. The molecule has 168 valence electrons. The van der Waals surface area contributed by atoms with Crippen molar-refractivity contribution >= 4 is 5.78 Å². The third-order valence-electron chi connectivity index (χ3n) is 8.74. The molecule has 4 saturated carbocycles. The van der Waals surface area contributed by atoms with E-state index >= 15 is 0 Å². The van der Waals surface area contributed by atoms with E-state index in [4.69, 9.17) is 0 Å². The van der Waals surface area contributed by atoms with Crippen molar-refractivity contribution in [1.82, 2.24) is 0 Å². The topological polar surface area (TPSA) is 17.1 Å². The van der Waals surface area contributed by atoms with Crippen molar-refractivity contribution in [3.8, 4) is 0 Å². The smallest absolute Gasteiger partial charge is 0.184 e. The molecule has 0 aromatic heterocycles. The van der Waals surface area contributed by atoms with Crippen LogP contribution >= 0.6 is 0 Å². The van der Waals surface area contributed by atoms with E-state index in [1.165, 1.54) is 140 Å². The molecule has 0 aromatic rings. The highest BCUT2D eigenvalue weighted by Crippen LogP contribution is 2.39. The van der Waals surface area contributed by atoms with Crippen LogP contribution in [0.3, 0.4) is 0 Å². The van der Waals surface area contributed by atoms with Gasteiger partial charge >= 0.3 is 0 Å². The Kier molecular flexibility index (Phi) is 8.70. The van der Waals surface area contributed by atoms with Crippen molar-refractivity contribution in [3.05, 3.63) is 23.3 Å². The van der Waals surface area contributed by atoms with Gasteiger partial charge in [-0.2, -0.15) is 0 Å². The fraction of sp³-hybridized carbons (Fsp3) is 0.828. The van der Waals surface area contributed by atoms with Crippen LogP contribution in [0.25, 0.3) is 0 Å². The van der Waals surface area contributed by atoms with Crippen molar-refractivity contribution in [1.29, 1.82) is 0 Å². The average Bonchev–Trinajstić information content (AvgIpc) is 2.83. The maximum absolute atomic E-state index is 14.3. The molecule has 0 aliphatic heterocycles. The van der Waals surface area contributed by atoms with Gasteiger partial charge in [0.15, 0.2) is 5.78 Å². The van der Waals surface area contributed by atoms with Crippen LogP contribution in [0.2, 0.25) is 0 Å². The second-order valence-corrected chi connectivity index (χ2v) is 11.0. The fourth-order valence-corrected chi connectivity index (χ4v) is 6.90. The van der Waals surface area contributed by atoms with Gasteiger partial charge in [0.05, 0.1) is 0 Å². The number of rotatable bonds is 6. The Bertz CT molecular complexity index is 536. The summed E-state index contributed by atoms with van der Waals surface area (Å²) in [7, 11) is 0. The molecule has 0 atom stereocenters. The molecule has 0 unspecified atom stereocenters. The first-order valence-electron chi connectivity index (χ1n) is 13.8. The largest absolute Gasteiger partial charge is 0.289 e. The van der Waals surface area contributed by atoms with Crippen LogP contribution in [0.1, 0.15) is 128 Å². The number of Topliss-reactive ketones (excluding diaryl/α,β-unsaturated/α-hetero) is 1. The zero-order valence-electron chi connectivity index (χ0n) is 19.5. The third-order valence-corrected chi connectivity index (χ3v) is 8.74. The minimum atomic E-state index is 0.505. The Labute approximate surface area is 186 Å². The maximum Gasteiger partial charge on any atom is 0.184 e. The maximum atomic E-state index is 14.3. The molecule has 0 aromatic carbocycles. The van der Waals surface area contributed by atoms with Gasteiger partial charge in [0.2, 0.25) is 0 Å². The minimum Gasteiger partial charge on any atom is -0.289 e. The first-order chi connectivity index (χ1) is 14.8. The van der Waals surface area contributed by atoms with Gasteiger partial charge < -0.3 is 0 Å². The summed E-state index contributed by atoms with van der Waals surface area (Å²) in [6.45, 7) is 0. The highest BCUT2D eigenvalue weighted by atomic mass is 16.1. The van der Waals surface area contributed by atoms with Gasteiger partial charge in [-0.15, -0.1) is 0 Å². The molecule has 30 heavy (non-hydrogen) atoms. The lowest BCUT2D eigenvalue weighted by Crippen LogP contribution is -2.24. The van der Waals surface area contributed by atoms with Crippen LogP contribution < -0.4 is 0 Å². The lowest BCUT2D eigenvalue weighted by Gasteiger charge is -2.31. The third kappa shape index (κ3) is 6.10. The van der Waals surface area contributed by atoms with E-state index in [1.807, 2.05) is 0 Å². The lowest BCUT2D eigenvalue weighted by atomic mass is 9.73. The summed E-state index contributed by atoms with van der Waals surface area (Å²) >= 11 is 0. The summed E-state index contributed by atoms with van der Waals surface area (Å²) < 4.78 is 0. The van der Waals surface area contributed by atoms with Crippen molar-refractivity contribution in [2.75, 3.05) is 0 Å². The van der Waals surface area contributed by atoms with Gasteiger partial charge in [-0.25, -0.2) is 0 Å².